The third-order valence-electron chi connectivity index (χ3n) is 4.44. The predicted octanol–water partition coefficient (Wildman–Crippen LogP) is 2.73. The topological polar surface area (TPSA) is 91.8 Å². The molecule has 2 aliphatic rings. The molecule has 0 unspecified atom stereocenters. The van der Waals surface area contributed by atoms with E-state index in [1.54, 1.807) is 23.5 Å². The standard InChI is InChI=1S/C16H16FN3O2S.CH2O2/c17-12-3-1-11(2-4-12)13-9-23-14(19-13)20-7-5-16(6-8-20)10-18-15(21)22-16;2-1-3/h1-4,9H,5-8,10H2,(H,18,21);1H,(H,2,3). The van der Waals surface area contributed by atoms with Crippen molar-refractivity contribution in [1.29, 1.82) is 0 Å². The van der Waals surface area contributed by atoms with Crippen molar-refractivity contribution < 1.29 is 23.8 Å². The number of halogens is 1. The van der Waals surface area contributed by atoms with Crippen molar-refractivity contribution in [3.63, 3.8) is 0 Å². The number of carboxylic acid groups (broad SMARTS) is 1. The number of anilines is 1. The van der Waals surface area contributed by atoms with Crippen molar-refractivity contribution in [3.8, 4) is 11.3 Å². The molecule has 1 amide bonds. The van der Waals surface area contributed by atoms with Gasteiger partial charge in [0.15, 0.2) is 5.13 Å². The highest BCUT2D eigenvalue weighted by Gasteiger charge is 2.43. The van der Waals surface area contributed by atoms with E-state index in [4.69, 9.17) is 14.6 Å². The molecule has 3 heterocycles. The highest BCUT2D eigenvalue weighted by Crippen LogP contribution is 2.34. The number of hydrogen-bond donors (Lipinski definition) is 2. The zero-order chi connectivity index (χ0) is 18.6. The van der Waals surface area contributed by atoms with E-state index in [1.165, 1.54) is 12.1 Å². The Morgan fingerprint density at radius 2 is 1.96 bits per heavy atom. The number of nitrogens with zero attached hydrogens (tertiary/aromatic N) is 2. The fraction of sp³-hybridized carbons (Fsp3) is 0.353. The van der Waals surface area contributed by atoms with E-state index in [0.717, 1.165) is 42.3 Å². The number of hydrogen-bond acceptors (Lipinski definition) is 6. The molecule has 0 radical (unpaired) electrons. The summed E-state index contributed by atoms with van der Waals surface area (Å²) in [6.07, 6.45) is 1.29. The van der Waals surface area contributed by atoms with E-state index in [2.05, 4.69) is 15.2 Å². The van der Waals surface area contributed by atoms with Crippen molar-refractivity contribution in [2.75, 3.05) is 24.5 Å². The number of alkyl carbamates (subject to hydrolysis) is 1. The van der Waals surface area contributed by atoms with Gasteiger partial charge < -0.3 is 20.1 Å². The fourth-order valence-corrected chi connectivity index (χ4v) is 3.94. The van der Waals surface area contributed by atoms with Gasteiger partial charge in [-0.3, -0.25) is 4.79 Å². The van der Waals surface area contributed by atoms with Crippen molar-refractivity contribution in [1.82, 2.24) is 10.3 Å². The van der Waals surface area contributed by atoms with E-state index < -0.39 is 0 Å². The minimum absolute atomic E-state index is 0.245. The lowest BCUT2D eigenvalue weighted by atomic mass is 9.92. The molecule has 2 N–H and O–H groups in total. The van der Waals surface area contributed by atoms with Crippen LogP contribution < -0.4 is 10.2 Å². The molecule has 26 heavy (non-hydrogen) atoms. The van der Waals surface area contributed by atoms with Crippen LogP contribution in [0.5, 0.6) is 0 Å². The van der Waals surface area contributed by atoms with Gasteiger partial charge in [-0.25, -0.2) is 14.2 Å². The molecule has 2 aromatic rings. The number of thiazole rings is 1. The highest BCUT2D eigenvalue weighted by molar-refractivity contribution is 7.14. The van der Waals surface area contributed by atoms with Crippen LogP contribution in [0.15, 0.2) is 29.6 Å². The first-order valence-corrected chi connectivity index (χ1v) is 8.94. The smallest absolute Gasteiger partial charge is 0.407 e. The van der Waals surface area contributed by atoms with Gasteiger partial charge in [0, 0.05) is 36.9 Å². The molecule has 0 bridgehead atoms. The summed E-state index contributed by atoms with van der Waals surface area (Å²) in [4.78, 5) is 26.5. The first-order chi connectivity index (χ1) is 12.5. The van der Waals surface area contributed by atoms with Crippen LogP contribution in [-0.2, 0) is 9.53 Å². The Balaban J connectivity index is 0.000000613. The number of carbonyl (C=O) groups is 2. The lowest BCUT2D eigenvalue weighted by Gasteiger charge is -2.36. The Bertz CT molecular complexity index is 773. The third-order valence-corrected chi connectivity index (χ3v) is 5.34. The number of nitrogens with one attached hydrogen (secondary N) is 1. The minimum Gasteiger partial charge on any atom is -0.483 e. The molecule has 2 fully saturated rings. The van der Waals surface area contributed by atoms with E-state index in [0.29, 0.717) is 6.54 Å². The van der Waals surface area contributed by atoms with Gasteiger partial charge in [0.1, 0.15) is 11.4 Å². The van der Waals surface area contributed by atoms with E-state index in [1.807, 2.05) is 5.38 Å². The number of rotatable bonds is 2. The molecule has 138 valence electrons. The highest BCUT2D eigenvalue weighted by atomic mass is 32.1. The van der Waals surface area contributed by atoms with Crippen molar-refractivity contribution in [2.45, 2.75) is 18.4 Å². The first-order valence-electron chi connectivity index (χ1n) is 8.06. The van der Waals surface area contributed by atoms with E-state index in [-0.39, 0.29) is 24.0 Å². The van der Waals surface area contributed by atoms with Crippen LogP contribution >= 0.6 is 11.3 Å². The Hall–Kier alpha value is -2.68. The fourth-order valence-electron chi connectivity index (χ4n) is 3.05. The largest absolute Gasteiger partial charge is 0.483 e. The molecule has 2 saturated heterocycles. The van der Waals surface area contributed by atoms with Gasteiger partial charge in [-0.05, 0) is 24.3 Å². The summed E-state index contributed by atoms with van der Waals surface area (Å²) in [6, 6.07) is 6.37. The number of carbonyl (C=O) groups excluding carboxylic acids is 1. The summed E-state index contributed by atoms with van der Waals surface area (Å²) in [5.41, 5.74) is 1.43. The van der Waals surface area contributed by atoms with E-state index in [9.17, 15) is 9.18 Å². The summed E-state index contributed by atoms with van der Waals surface area (Å²) < 4.78 is 18.4. The van der Waals surface area contributed by atoms with Crippen LogP contribution in [0.4, 0.5) is 14.3 Å². The summed E-state index contributed by atoms with van der Waals surface area (Å²) in [7, 11) is 0. The zero-order valence-corrected chi connectivity index (χ0v) is 14.7. The van der Waals surface area contributed by atoms with E-state index >= 15 is 0 Å². The predicted molar refractivity (Wildman–Crippen MR) is 94.9 cm³/mol. The zero-order valence-electron chi connectivity index (χ0n) is 13.9. The molecule has 0 aliphatic carbocycles. The molecule has 0 saturated carbocycles. The van der Waals surface area contributed by atoms with Crippen molar-refractivity contribution in [2.24, 2.45) is 0 Å². The lowest BCUT2D eigenvalue weighted by Crippen LogP contribution is -2.46. The summed E-state index contributed by atoms with van der Waals surface area (Å²) in [6.45, 7) is 1.97. The number of aromatic nitrogens is 1. The van der Waals surface area contributed by atoms with Crippen LogP contribution in [0, 0.1) is 5.82 Å². The van der Waals surface area contributed by atoms with Crippen LogP contribution in [0.25, 0.3) is 11.3 Å². The van der Waals surface area contributed by atoms with Crippen LogP contribution in [-0.4, -0.2) is 47.9 Å². The molecule has 1 aromatic carbocycles. The minimum atomic E-state index is -0.343. The Morgan fingerprint density at radius 1 is 1.31 bits per heavy atom. The second kappa shape index (κ2) is 7.69. The molecule has 1 aromatic heterocycles. The number of ether oxygens (including phenoxy) is 1. The van der Waals surface area contributed by atoms with Crippen LogP contribution in [0.3, 0.4) is 0 Å². The number of piperidine rings is 1. The normalized spacial score (nSPS) is 17.9. The molecular formula is C17H18FN3O4S. The van der Waals surface area contributed by atoms with Gasteiger partial charge in [0.05, 0.1) is 12.2 Å². The monoisotopic (exact) mass is 379 g/mol. The van der Waals surface area contributed by atoms with Gasteiger partial charge >= 0.3 is 6.09 Å². The average molecular weight is 379 g/mol. The number of amides is 1. The second-order valence-electron chi connectivity index (χ2n) is 6.04. The van der Waals surface area contributed by atoms with Gasteiger partial charge in [0.25, 0.3) is 6.47 Å². The second-order valence-corrected chi connectivity index (χ2v) is 6.88. The first kappa shape index (κ1) is 18.1. The van der Waals surface area contributed by atoms with Crippen molar-refractivity contribution in [3.05, 3.63) is 35.5 Å². The Labute approximate surface area is 153 Å². The van der Waals surface area contributed by atoms with Gasteiger partial charge in [0.2, 0.25) is 0 Å². The van der Waals surface area contributed by atoms with Gasteiger partial charge in [-0.1, -0.05) is 0 Å². The molecule has 4 rings (SSSR count). The molecule has 9 heteroatoms. The quantitative estimate of drug-likeness (QED) is 0.780. The molecule has 1 spiro atoms. The van der Waals surface area contributed by atoms with Crippen LogP contribution in [0.1, 0.15) is 12.8 Å². The maximum Gasteiger partial charge on any atom is 0.407 e. The van der Waals surface area contributed by atoms with Crippen molar-refractivity contribution >= 4 is 29.0 Å². The molecule has 7 nitrogen and oxygen atoms in total. The van der Waals surface area contributed by atoms with Gasteiger partial charge in [-0.2, -0.15) is 0 Å². The third kappa shape index (κ3) is 3.93. The average Bonchev–Trinajstić information content (AvgIpc) is 3.25. The molecule has 0 atom stereocenters. The molecular weight excluding hydrogens is 361 g/mol. The Kier molecular flexibility index (Phi) is 5.36. The number of benzene rings is 1. The summed E-state index contributed by atoms with van der Waals surface area (Å²) >= 11 is 1.58. The summed E-state index contributed by atoms with van der Waals surface area (Å²) in [5, 5.41) is 12.6. The van der Waals surface area contributed by atoms with Gasteiger partial charge in [-0.15, -0.1) is 11.3 Å². The maximum absolute atomic E-state index is 13.0. The summed E-state index contributed by atoms with van der Waals surface area (Å²) in [5.74, 6) is -0.245. The lowest BCUT2D eigenvalue weighted by molar-refractivity contribution is -0.122. The maximum atomic E-state index is 13.0. The van der Waals surface area contributed by atoms with Crippen LogP contribution in [0.2, 0.25) is 0 Å². The molecule has 2 aliphatic heterocycles. The SMILES string of the molecule is O=C1NCC2(CCN(c3nc(-c4ccc(F)cc4)cs3)CC2)O1.O=CO. The Morgan fingerprint density at radius 3 is 2.54 bits per heavy atom.